The minimum absolute atomic E-state index is 0.0953. The first-order valence-electron chi connectivity index (χ1n) is 10.3. The lowest BCUT2D eigenvalue weighted by atomic mass is 10.1. The lowest BCUT2D eigenvalue weighted by molar-refractivity contribution is -0.119. The van der Waals surface area contributed by atoms with Crippen molar-refractivity contribution >= 4 is 17.7 Å². The Bertz CT molecular complexity index is 824. The first-order chi connectivity index (χ1) is 13.7. The average molecular weight is 400 g/mol. The van der Waals surface area contributed by atoms with Crippen LogP contribution in [0, 0.1) is 6.92 Å². The lowest BCUT2D eigenvalue weighted by Crippen LogP contribution is -2.45. The molecular formula is C21H29N5OS. The maximum atomic E-state index is 12.4. The Morgan fingerprint density at radius 3 is 2.61 bits per heavy atom. The first-order valence-corrected chi connectivity index (χ1v) is 11.3. The van der Waals surface area contributed by atoms with Gasteiger partial charge in [-0.25, -0.2) is 0 Å². The number of piperidine rings is 1. The van der Waals surface area contributed by atoms with Crippen molar-refractivity contribution in [1.82, 2.24) is 25.0 Å². The number of rotatable bonds is 7. The third-order valence-corrected chi connectivity index (χ3v) is 6.68. The molecule has 7 heteroatoms. The van der Waals surface area contributed by atoms with E-state index in [1.165, 1.54) is 30.2 Å². The van der Waals surface area contributed by atoms with Crippen LogP contribution >= 0.6 is 11.8 Å². The molecule has 0 unspecified atom stereocenters. The predicted molar refractivity (Wildman–Crippen MR) is 112 cm³/mol. The summed E-state index contributed by atoms with van der Waals surface area (Å²) in [7, 11) is 0. The number of carbonyl (C=O) groups is 1. The van der Waals surface area contributed by atoms with Gasteiger partial charge in [-0.3, -0.25) is 4.79 Å². The van der Waals surface area contributed by atoms with E-state index in [-0.39, 0.29) is 5.91 Å². The molecule has 150 valence electrons. The van der Waals surface area contributed by atoms with E-state index in [4.69, 9.17) is 0 Å². The van der Waals surface area contributed by atoms with Crippen molar-refractivity contribution in [3.63, 3.8) is 0 Å². The maximum absolute atomic E-state index is 12.4. The number of aromatic nitrogens is 3. The van der Waals surface area contributed by atoms with Crippen LogP contribution in [0.5, 0.6) is 0 Å². The highest BCUT2D eigenvalue weighted by atomic mass is 32.2. The Morgan fingerprint density at radius 2 is 1.93 bits per heavy atom. The number of carbonyl (C=O) groups excluding carboxylic acids is 1. The molecule has 2 heterocycles. The summed E-state index contributed by atoms with van der Waals surface area (Å²) in [5, 5.41) is 12.8. The van der Waals surface area contributed by atoms with Crippen LogP contribution in [0.1, 0.15) is 38.2 Å². The minimum Gasteiger partial charge on any atom is -0.353 e. The summed E-state index contributed by atoms with van der Waals surface area (Å²) in [6.45, 7) is 7.18. The minimum atomic E-state index is 0.0953. The molecule has 28 heavy (non-hydrogen) atoms. The molecule has 6 nitrogen and oxygen atoms in total. The van der Waals surface area contributed by atoms with Crippen molar-refractivity contribution in [2.45, 2.75) is 63.3 Å². The van der Waals surface area contributed by atoms with Gasteiger partial charge in [0.1, 0.15) is 0 Å². The van der Waals surface area contributed by atoms with Gasteiger partial charge < -0.3 is 14.8 Å². The number of hydrogen-bond donors (Lipinski definition) is 1. The molecule has 2 aromatic rings. The van der Waals surface area contributed by atoms with Gasteiger partial charge in [-0.15, -0.1) is 10.2 Å². The third kappa shape index (κ3) is 4.41. The molecule has 4 rings (SSSR count). The van der Waals surface area contributed by atoms with Crippen LogP contribution in [0.3, 0.4) is 0 Å². The van der Waals surface area contributed by atoms with E-state index in [2.05, 4.69) is 51.0 Å². The van der Waals surface area contributed by atoms with Gasteiger partial charge in [0.15, 0.2) is 11.0 Å². The molecule has 1 saturated heterocycles. The quantitative estimate of drug-likeness (QED) is 0.725. The first kappa shape index (κ1) is 19.5. The zero-order chi connectivity index (χ0) is 19.5. The highest BCUT2D eigenvalue weighted by Gasteiger charge is 2.32. The Hall–Kier alpha value is -1.86. The molecule has 1 aromatic carbocycles. The Labute approximate surface area is 171 Å². The number of likely N-dealkylation sites (tertiary alicyclic amines) is 1. The molecule has 0 radical (unpaired) electrons. The van der Waals surface area contributed by atoms with Crippen molar-refractivity contribution < 1.29 is 4.79 Å². The zero-order valence-corrected chi connectivity index (χ0v) is 17.5. The molecule has 2 aliphatic rings. The number of aryl methyl sites for hydroxylation is 1. The van der Waals surface area contributed by atoms with E-state index >= 15 is 0 Å². The summed E-state index contributed by atoms with van der Waals surface area (Å²) < 4.78 is 2.09. The van der Waals surface area contributed by atoms with Crippen LogP contribution in [-0.2, 0) is 11.3 Å². The molecule has 1 aliphatic carbocycles. The maximum Gasteiger partial charge on any atom is 0.230 e. The topological polar surface area (TPSA) is 63.1 Å². The smallest absolute Gasteiger partial charge is 0.230 e. The fourth-order valence-electron chi connectivity index (χ4n) is 3.95. The summed E-state index contributed by atoms with van der Waals surface area (Å²) >= 11 is 1.47. The Balaban J connectivity index is 1.32. The van der Waals surface area contributed by atoms with Crippen molar-refractivity contribution in [2.24, 2.45) is 0 Å². The van der Waals surface area contributed by atoms with Gasteiger partial charge in [0.25, 0.3) is 0 Å². The Morgan fingerprint density at radius 1 is 1.18 bits per heavy atom. The van der Waals surface area contributed by atoms with Crippen LogP contribution in [0.25, 0.3) is 11.4 Å². The largest absolute Gasteiger partial charge is 0.353 e. The van der Waals surface area contributed by atoms with Gasteiger partial charge in [0.05, 0.1) is 5.75 Å². The summed E-state index contributed by atoms with van der Waals surface area (Å²) in [5.41, 5.74) is 2.27. The number of nitrogens with zero attached hydrogens (tertiary/aromatic N) is 4. The average Bonchev–Trinajstić information content (AvgIpc) is 3.47. The molecule has 1 aliphatic heterocycles. The molecule has 0 spiro atoms. The summed E-state index contributed by atoms with van der Waals surface area (Å²) in [6.07, 6.45) is 4.84. The fourth-order valence-corrected chi connectivity index (χ4v) is 4.77. The van der Waals surface area contributed by atoms with Crippen LogP contribution < -0.4 is 5.32 Å². The molecule has 1 amide bonds. The van der Waals surface area contributed by atoms with E-state index < -0.39 is 0 Å². The van der Waals surface area contributed by atoms with E-state index in [1.807, 2.05) is 12.1 Å². The second-order valence-corrected chi connectivity index (χ2v) is 8.71. The number of thioether (sulfide) groups is 1. The van der Waals surface area contributed by atoms with Gasteiger partial charge in [-0.1, -0.05) is 36.0 Å². The van der Waals surface area contributed by atoms with Crippen LogP contribution in [0.2, 0.25) is 0 Å². The monoisotopic (exact) mass is 399 g/mol. The van der Waals surface area contributed by atoms with E-state index in [0.29, 0.717) is 11.8 Å². The van der Waals surface area contributed by atoms with Gasteiger partial charge in [-0.2, -0.15) is 0 Å². The standard InChI is InChI=1S/C21H29N5OS/c1-3-26-20(18-7-5-4-6-15(18)2)23-24-21(26)28-14-19(27)22-16-10-12-25(13-11-16)17-8-9-17/h4-7,16-17H,3,8-14H2,1-2H3,(H,22,27). The van der Waals surface area contributed by atoms with Crippen LogP contribution in [-0.4, -0.2) is 56.5 Å². The van der Waals surface area contributed by atoms with Crippen molar-refractivity contribution in [3.05, 3.63) is 29.8 Å². The summed E-state index contributed by atoms with van der Waals surface area (Å²) in [5.74, 6) is 1.35. The lowest BCUT2D eigenvalue weighted by Gasteiger charge is -2.32. The number of benzene rings is 1. The molecule has 1 aromatic heterocycles. The number of amides is 1. The van der Waals surface area contributed by atoms with Gasteiger partial charge in [0.2, 0.25) is 5.91 Å². The fraction of sp³-hybridized carbons (Fsp3) is 0.571. The summed E-state index contributed by atoms with van der Waals surface area (Å²) in [4.78, 5) is 15.0. The second kappa shape index (κ2) is 8.66. The summed E-state index contributed by atoms with van der Waals surface area (Å²) in [6, 6.07) is 9.34. The predicted octanol–water partition coefficient (Wildman–Crippen LogP) is 3.11. The normalized spacial score (nSPS) is 18.4. The second-order valence-electron chi connectivity index (χ2n) is 7.76. The van der Waals surface area contributed by atoms with E-state index in [9.17, 15) is 4.79 Å². The highest BCUT2D eigenvalue weighted by Crippen LogP contribution is 2.29. The molecule has 0 atom stereocenters. The van der Waals surface area contributed by atoms with Gasteiger partial charge >= 0.3 is 0 Å². The van der Waals surface area contributed by atoms with Crippen LogP contribution in [0.4, 0.5) is 0 Å². The number of hydrogen-bond acceptors (Lipinski definition) is 5. The van der Waals surface area contributed by atoms with Crippen molar-refractivity contribution in [2.75, 3.05) is 18.8 Å². The Kier molecular flexibility index (Phi) is 6.01. The zero-order valence-electron chi connectivity index (χ0n) is 16.7. The van der Waals surface area contributed by atoms with Crippen LogP contribution in [0.15, 0.2) is 29.4 Å². The molecule has 2 fully saturated rings. The molecule has 1 N–H and O–H groups in total. The number of nitrogens with one attached hydrogen (secondary N) is 1. The SMILES string of the molecule is CCn1c(SCC(=O)NC2CCN(C3CC3)CC2)nnc1-c1ccccc1C. The highest BCUT2D eigenvalue weighted by molar-refractivity contribution is 7.99. The van der Waals surface area contributed by atoms with Crippen molar-refractivity contribution in [3.8, 4) is 11.4 Å². The molecular weight excluding hydrogens is 370 g/mol. The molecule has 0 bridgehead atoms. The van der Waals surface area contributed by atoms with Gasteiger partial charge in [-0.05, 0) is 45.1 Å². The van der Waals surface area contributed by atoms with Crippen molar-refractivity contribution in [1.29, 1.82) is 0 Å². The van der Waals surface area contributed by atoms with E-state index in [0.717, 1.165) is 55.1 Å². The third-order valence-electron chi connectivity index (χ3n) is 5.71. The molecule has 1 saturated carbocycles. The van der Waals surface area contributed by atoms with Gasteiger partial charge in [0, 0.05) is 37.3 Å². The van der Waals surface area contributed by atoms with E-state index in [1.54, 1.807) is 0 Å².